The molecule has 0 radical (unpaired) electrons. The lowest BCUT2D eigenvalue weighted by molar-refractivity contribution is -0.132. The summed E-state index contributed by atoms with van der Waals surface area (Å²) in [5.41, 5.74) is 1.92. The zero-order valence-corrected chi connectivity index (χ0v) is 13.8. The van der Waals surface area contributed by atoms with Crippen LogP contribution in [0.5, 0.6) is 0 Å². The van der Waals surface area contributed by atoms with Crippen molar-refractivity contribution in [1.82, 2.24) is 20.1 Å². The van der Waals surface area contributed by atoms with Crippen LogP contribution in [0.25, 0.3) is 10.6 Å². The van der Waals surface area contributed by atoms with Crippen LogP contribution in [0.4, 0.5) is 4.79 Å². The Hall–Kier alpha value is -2.41. The fourth-order valence-electron chi connectivity index (χ4n) is 2.48. The van der Waals surface area contributed by atoms with Crippen LogP contribution in [0.3, 0.4) is 0 Å². The van der Waals surface area contributed by atoms with E-state index in [1.807, 2.05) is 35.7 Å². The first kappa shape index (κ1) is 15.5. The summed E-state index contributed by atoms with van der Waals surface area (Å²) in [4.78, 5) is 31.5. The molecule has 1 fully saturated rings. The predicted octanol–water partition coefficient (Wildman–Crippen LogP) is 1.79. The molecule has 0 bridgehead atoms. The van der Waals surface area contributed by atoms with Crippen molar-refractivity contribution in [2.45, 2.75) is 12.6 Å². The van der Waals surface area contributed by atoms with Crippen molar-refractivity contribution in [2.24, 2.45) is 0 Å². The number of nitrogens with zero attached hydrogens (tertiary/aromatic N) is 3. The van der Waals surface area contributed by atoms with Crippen LogP contribution < -0.4 is 5.32 Å². The van der Waals surface area contributed by atoms with Gasteiger partial charge >= 0.3 is 6.03 Å². The molecule has 1 atom stereocenters. The van der Waals surface area contributed by atoms with Gasteiger partial charge in [0, 0.05) is 25.0 Å². The lowest BCUT2D eigenvalue weighted by Crippen LogP contribution is -2.43. The number of hydrogen-bond acceptors (Lipinski definition) is 4. The summed E-state index contributed by atoms with van der Waals surface area (Å²) < 4.78 is 0. The first-order chi connectivity index (χ1) is 11.0. The molecule has 1 aromatic heterocycles. The second kappa shape index (κ2) is 6.37. The van der Waals surface area contributed by atoms with E-state index in [1.165, 1.54) is 4.90 Å². The molecule has 1 aromatic carbocycles. The van der Waals surface area contributed by atoms with Gasteiger partial charge in [-0.3, -0.25) is 4.79 Å². The van der Waals surface area contributed by atoms with Crippen LogP contribution in [-0.4, -0.2) is 53.4 Å². The number of likely N-dealkylation sites (N-methyl/N-ethyl adjacent to an activating group) is 2. The lowest BCUT2D eigenvalue weighted by atomic mass is 10.2. The van der Waals surface area contributed by atoms with Gasteiger partial charge in [0.2, 0.25) is 5.91 Å². The van der Waals surface area contributed by atoms with E-state index in [1.54, 1.807) is 30.3 Å². The molecule has 23 heavy (non-hydrogen) atoms. The number of carbonyl (C=O) groups is 2. The number of benzene rings is 1. The first-order valence-corrected chi connectivity index (χ1v) is 8.19. The molecule has 1 unspecified atom stereocenters. The summed E-state index contributed by atoms with van der Waals surface area (Å²) in [6, 6.07) is 9.26. The Bertz CT molecular complexity index is 716. The molecular formula is C16H18N4O2S. The minimum atomic E-state index is -0.482. The van der Waals surface area contributed by atoms with Gasteiger partial charge in [-0.25, -0.2) is 9.78 Å². The van der Waals surface area contributed by atoms with Crippen molar-refractivity contribution in [3.8, 4) is 10.6 Å². The zero-order valence-electron chi connectivity index (χ0n) is 13.0. The molecule has 1 saturated heterocycles. The van der Waals surface area contributed by atoms with Gasteiger partial charge in [-0.2, -0.15) is 0 Å². The Morgan fingerprint density at radius 2 is 2.17 bits per heavy atom. The SMILES string of the molecule is CN1CC(C(=O)N(C)Cc2csc(-c3ccccc3)n2)NC1=O. The maximum atomic E-state index is 12.4. The second-order valence-electron chi connectivity index (χ2n) is 5.59. The zero-order chi connectivity index (χ0) is 16.4. The molecule has 7 heteroatoms. The number of nitrogens with one attached hydrogen (secondary N) is 1. The molecule has 120 valence electrons. The van der Waals surface area contributed by atoms with E-state index in [-0.39, 0.29) is 11.9 Å². The van der Waals surface area contributed by atoms with E-state index in [9.17, 15) is 9.59 Å². The van der Waals surface area contributed by atoms with Crippen LogP contribution in [0.2, 0.25) is 0 Å². The molecule has 3 amide bonds. The number of hydrogen-bond donors (Lipinski definition) is 1. The summed E-state index contributed by atoms with van der Waals surface area (Å²) in [5, 5.41) is 5.58. The molecule has 1 aliphatic heterocycles. The molecule has 1 N–H and O–H groups in total. The third-order valence-corrected chi connectivity index (χ3v) is 4.69. The van der Waals surface area contributed by atoms with Gasteiger partial charge in [-0.15, -0.1) is 11.3 Å². The smallest absolute Gasteiger partial charge is 0.317 e. The molecule has 0 saturated carbocycles. The number of aromatic nitrogens is 1. The summed E-state index contributed by atoms with van der Waals surface area (Å²) in [6.45, 7) is 0.826. The van der Waals surface area contributed by atoms with Crippen LogP contribution >= 0.6 is 11.3 Å². The maximum absolute atomic E-state index is 12.4. The Kier molecular flexibility index (Phi) is 4.29. The number of thiazole rings is 1. The summed E-state index contributed by atoms with van der Waals surface area (Å²) >= 11 is 1.56. The lowest BCUT2D eigenvalue weighted by Gasteiger charge is -2.19. The van der Waals surface area contributed by atoms with Crippen molar-refractivity contribution in [1.29, 1.82) is 0 Å². The van der Waals surface area contributed by atoms with Gasteiger partial charge in [-0.05, 0) is 0 Å². The third kappa shape index (κ3) is 3.34. The highest BCUT2D eigenvalue weighted by Gasteiger charge is 2.33. The summed E-state index contributed by atoms with van der Waals surface area (Å²) in [7, 11) is 3.41. The highest BCUT2D eigenvalue weighted by atomic mass is 32.1. The Morgan fingerprint density at radius 1 is 1.43 bits per heavy atom. The van der Waals surface area contributed by atoms with E-state index in [0.29, 0.717) is 13.1 Å². The van der Waals surface area contributed by atoms with Crippen molar-refractivity contribution in [3.63, 3.8) is 0 Å². The van der Waals surface area contributed by atoms with Gasteiger partial charge in [0.25, 0.3) is 0 Å². The standard InChI is InChI=1S/C16H18N4O2S/c1-19(15(21)13-9-20(2)16(22)18-13)8-12-10-23-14(17-12)11-6-4-3-5-7-11/h3-7,10,13H,8-9H2,1-2H3,(H,18,22). The third-order valence-electron chi connectivity index (χ3n) is 3.75. The predicted molar refractivity (Wildman–Crippen MR) is 89.0 cm³/mol. The quantitative estimate of drug-likeness (QED) is 0.929. The fraction of sp³-hybridized carbons (Fsp3) is 0.312. The largest absolute Gasteiger partial charge is 0.338 e. The van der Waals surface area contributed by atoms with Gasteiger partial charge in [0.1, 0.15) is 11.0 Å². The molecule has 3 rings (SSSR count). The van der Waals surface area contributed by atoms with E-state index in [0.717, 1.165) is 16.3 Å². The van der Waals surface area contributed by atoms with Gasteiger partial charge in [0.05, 0.1) is 18.8 Å². The first-order valence-electron chi connectivity index (χ1n) is 7.31. The number of rotatable bonds is 4. The fourth-order valence-corrected chi connectivity index (χ4v) is 3.30. The molecule has 1 aliphatic rings. The topological polar surface area (TPSA) is 65.5 Å². The Morgan fingerprint density at radius 3 is 2.83 bits per heavy atom. The minimum absolute atomic E-state index is 0.100. The van der Waals surface area contributed by atoms with Crippen LogP contribution in [-0.2, 0) is 11.3 Å². The molecule has 2 heterocycles. The van der Waals surface area contributed by atoms with Crippen molar-refractivity contribution >= 4 is 23.3 Å². The second-order valence-corrected chi connectivity index (χ2v) is 6.45. The van der Waals surface area contributed by atoms with E-state index in [2.05, 4.69) is 10.3 Å². The molecular weight excluding hydrogens is 312 g/mol. The summed E-state index contributed by atoms with van der Waals surface area (Å²) in [5.74, 6) is -0.100. The Labute approximate surface area is 138 Å². The monoisotopic (exact) mass is 330 g/mol. The highest BCUT2D eigenvalue weighted by molar-refractivity contribution is 7.13. The molecule has 0 aliphatic carbocycles. The van der Waals surface area contributed by atoms with Crippen LogP contribution in [0.15, 0.2) is 35.7 Å². The number of carbonyl (C=O) groups excluding carboxylic acids is 2. The normalized spacial score (nSPS) is 17.2. The highest BCUT2D eigenvalue weighted by Crippen LogP contribution is 2.23. The van der Waals surface area contributed by atoms with Gasteiger partial charge < -0.3 is 15.1 Å². The number of urea groups is 1. The summed E-state index contributed by atoms with van der Waals surface area (Å²) in [6.07, 6.45) is 0. The van der Waals surface area contributed by atoms with Gasteiger partial charge in [-0.1, -0.05) is 30.3 Å². The van der Waals surface area contributed by atoms with E-state index < -0.39 is 6.04 Å². The van der Waals surface area contributed by atoms with Crippen molar-refractivity contribution in [3.05, 3.63) is 41.4 Å². The average molecular weight is 330 g/mol. The van der Waals surface area contributed by atoms with Crippen molar-refractivity contribution < 1.29 is 9.59 Å². The van der Waals surface area contributed by atoms with Crippen LogP contribution in [0, 0.1) is 0 Å². The molecule has 2 aromatic rings. The van der Waals surface area contributed by atoms with Crippen molar-refractivity contribution in [2.75, 3.05) is 20.6 Å². The van der Waals surface area contributed by atoms with Gasteiger partial charge in [0.15, 0.2) is 0 Å². The molecule has 6 nitrogen and oxygen atoms in total. The number of amides is 3. The average Bonchev–Trinajstić information content (AvgIpc) is 3.15. The van der Waals surface area contributed by atoms with E-state index in [4.69, 9.17) is 0 Å². The molecule has 0 spiro atoms. The van der Waals surface area contributed by atoms with E-state index >= 15 is 0 Å². The Balaban J connectivity index is 1.64. The minimum Gasteiger partial charge on any atom is -0.338 e. The van der Waals surface area contributed by atoms with Crippen LogP contribution in [0.1, 0.15) is 5.69 Å². The maximum Gasteiger partial charge on any atom is 0.317 e.